The van der Waals surface area contributed by atoms with Crippen molar-refractivity contribution in [1.82, 2.24) is 0 Å². The lowest BCUT2D eigenvalue weighted by Crippen LogP contribution is -2.29. The van der Waals surface area contributed by atoms with Crippen LogP contribution in [-0.2, 0) is 0 Å². The summed E-state index contributed by atoms with van der Waals surface area (Å²) in [6.45, 7) is 9.32. The van der Waals surface area contributed by atoms with Crippen LogP contribution in [0.4, 0.5) is 0 Å². The molecule has 0 spiro atoms. The molecule has 0 saturated heterocycles. The molecule has 3 nitrogen and oxygen atoms in total. The summed E-state index contributed by atoms with van der Waals surface area (Å²) in [6.07, 6.45) is 5.92. The Kier molecular flexibility index (Phi) is 4.76. The average molecular weight is 254 g/mol. The third-order valence-electron chi connectivity index (χ3n) is 4.25. The fraction of sp³-hybridized carbons (Fsp3) is 0.733. The van der Waals surface area contributed by atoms with Gasteiger partial charge in [0.05, 0.1) is 12.2 Å². The molecule has 3 heteroatoms. The van der Waals surface area contributed by atoms with Gasteiger partial charge in [-0.15, -0.1) is 0 Å². The summed E-state index contributed by atoms with van der Waals surface area (Å²) in [5.74, 6) is 0.556. The Morgan fingerprint density at radius 2 is 2.17 bits per heavy atom. The molecular formula is C15H26O3. The average Bonchev–Trinajstić information content (AvgIpc) is 2.54. The minimum Gasteiger partial charge on any atom is -0.393 e. The normalized spacial score (nSPS) is 35.9. The Labute approximate surface area is 110 Å². The van der Waals surface area contributed by atoms with Crippen molar-refractivity contribution in [1.29, 1.82) is 0 Å². The van der Waals surface area contributed by atoms with Gasteiger partial charge in [-0.1, -0.05) is 31.2 Å². The van der Waals surface area contributed by atoms with E-state index >= 15 is 0 Å². The third kappa shape index (κ3) is 3.67. The van der Waals surface area contributed by atoms with Crippen LogP contribution in [0.25, 0.3) is 0 Å². The molecule has 18 heavy (non-hydrogen) atoms. The lowest BCUT2D eigenvalue weighted by molar-refractivity contribution is 0.0215. The van der Waals surface area contributed by atoms with E-state index in [-0.39, 0.29) is 12.5 Å². The van der Waals surface area contributed by atoms with Crippen molar-refractivity contribution in [3.05, 3.63) is 24.3 Å². The Morgan fingerprint density at radius 1 is 1.56 bits per heavy atom. The zero-order valence-corrected chi connectivity index (χ0v) is 11.7. The van der Waals surface area contributed by atoms with Crippen LogP contribution in [0.15, 0.2) is 24.3 Å². The minimum absolute atomic E-state index is 0.219. The van der Waals surface area contributed by atoms with Gasteiger partial charge in [-0.05, 0) is 44.9 Å². The molecule has 0 heterocycles. The van der Waals surface area contributed by atoms with Crippen LogP contribution in [0.1, 0.15) is 40.0 Å². The number of aliphatic hydroxyl groups excluding tert-OH is 1. The first-order valence-corrected chi connectivity index (χ1v) is 6.60. The van der Waals surface area contributed by atoms with Crippen LogP contribution >= 0.6 is 0 Å². The van der Waals surface area contributed by atoms with Gasteiger partial charge in [0.2, 0.25) is 0 Å². The van der Waals surface area contributed by atoms with Crippen LogP contribution < -0.4 is 0 Å². The van der Waals surface area contributed by atoms with E-state index in [2.05, 4.69) is 13.5 Å². The number of rotatable bonds is 5. The Hall–Kier alpha value is -0.640. The third-order valence-corrected chi connectivity index (χ3v) is 4.25. The van der Waals surface area contributed by atoms with Crippen molar-refractivity contribution in [2.75, 3.05) is 6.61 Å². The minimum atomic E-state index is -1.16. The van der Waals surface area contributed by atoms with E-state index in [0.717, 1.165) is 18.4 Å². The Morgan fingerprint density at radius 3 is 2.61 bits per heavy atom. The Bertz CT molecular complexity index is 329. The summed E-state index contributed by atoms with van der Waals surface area (Å²) < 4.78 is 0. The van der Waals surface area contributed by atoms with Gasteiger partial charge in [-0.2, -0.15) is 0 Å². The molecule has 0 aliphatic heterocycles. The maximum absolute atomic E-state index is 10.1. The van der Waals surface area contributed by atoms with Gasteiger partial charge in [-0.25, -0.2) is 0 Å². The van der Waals surface area contributed by atoms with Crippen molar-refractivity contribution in [2.24, 2.45) is 11.8 Å². The summed E-state index contributed by atoms with van der Waals surface area (Å²) in [7, 11) is 0. The van der Waals surface area contributed by atoms with E-state index in [1.54, 1.807) is 13.0 Å². The SMILES string of the molecule is C=C(CC=CC(C)(O)CO)C1CCC(C)(O)C1C. The molecule has 1 rings (SSSR count). The van der Waals surface area contributed by atoms with E-state index < -0.39 is 11.2 Å². The predicted molar refractivity (Wildman–Crippen MR) is 73.1 cm³/mol. The highest BCUT2D eigenvalue weighted by atomic mass is 16.3. The molecule has 0 aromatic carbocycles. The van der Waals surface area contributed by atoms with Crippen molar-refractivity contribution in [3.8, 4) is 0 Å². The molecular weight excluding hydrogens is 228 g/mol. The van der Waals surface area contributed by atoms with Gasteiger partial charge in [0.25, 0.3) is 0 Å². The number of hydrogen-bond acceptors (Lipinski definition) is 3. The van der Waals surface area contributed by atoms with Crippen LogP contribution in [-0.4, -0.2) is 33.1 Å². The van der Waals surface area contributed by atoms with Gasteiger partial charge in [-0.3, -0.25) is 0 Å². The van der Waals surface area contributed by atoms with E-state index in [1.807, 2.05) is 13.0 Å². The summed E-state index contributed by atoms with van der Waals surface area (Å²) in [6, 6.07) is 0. The second kappa shape index (κ2) is 5.55. The van der Waals surface area contributed by atoms with Crippen molar-refractivity contribution in [2.45, 2.75) is 51.2 Å². The van der Waals surface area contributed by atoms with Gasteiger partial charge in [0, 0.05) is 0 Å². The van der Waals surface area contributed by atoms with Crippen LogP contribution in [0.2, 0.25) is 0 Å². The van der Waals surface area contributed by atoms with Gasteiger partial charge < -0.3 is 15.3 Å². The quantitative estimate of drug-likeness (QED) is 0.658. The lowest BCUT2D eigenvalue weighted by atomic mass is 9.84. The highest BCUT2D eigenvalue weighted by molar-refractivity contribution is 5.14. The second-order valence-corrected chi connectivity index (χ2v) is 6.07. The van der Waals surface area contributed by atoms with Crippen LogP contribution in [0, 0.1) is 11.8 Å². The number of hydrogen-bond donors (Lipinski definition) is 3. The molecule has 1 aliphatic rings. The highest BCUT2D eigenvalue weighted by Crippen LogP contribution is 2.43. The lowest BCUT2D eigenvalue weighted by Gasteiger charge is -2.26. The molecule has 1 aliphatic carbocycles. The molecule has 1 fully saturated rings. The van der Waals surface area contributed by atoms with Crippen molar-refractivity contribution < 1.29 is 15.3 Å². The maximum atomic E-state index is 10.1. The molecule has 0 amide bonds. The largest absolute Gasteiger partial charge is 0.393 e. The predicted octanol–water partition coefficient (Wildman–Crippen LogP) is 2.03. The van der Waals surface area contributed by atoms with E-state index in [4.69, 9.17) is 5.11 Å². The van der Waals surface area contributed by atoms with Crippen molar-refractivity contribution >= 4 is 0 Å². The van der Waals surface area contributed by atoms with E-state index in [0.29, 0.717) is 12.3 Å². The van der Waals surface area contributed by atoms with Crippen LogP contribution in [0.3, 0.4) is 0 Å². The van der Waals surface area contributed by atoms with Crippen molar-refractivity contribution in [3.63, 3.8) is 0 Å². The van der Waals surface area contributed by atoms with E-state index in [1.165, 1.54) is 0 Å². The smallest absolute Gasteiger partial charge is 0.103 e. The summed E-state index contributed by atoms with van der Waals surface area (Å²) in [5.41, 5.74) is -0.661. The molecule has 0 bridgehead atoms. The zero-order valence-electron chi connectivity index (χ0n) is 11.7. The number of allylic oxidation sites excluding steroid dienone is 2. The molecule has 104 valence electrons. The summed E-state index contributed by atoms with van der Waals surface area (Å²) >= 11 is 0. The zero-order chi connectivity index (χ0) is 14.0. The maximum Gasteiger partial charge on any atom is 0.103 e. The van der Waals surface area contributed by atoms with Gasteiger partial charge >= 0.3 is 0 Å². The molecule has 4 unspecified atom stereocenters. The van der Waals surface area contributed by atoms with Gasteiger partial charge in [0.15, 0.2) is 0 Å². The summed E-state index contributed by atoms with van der Waals surface area (Å²) in [4.78, 5) is 0. The molecule has 0 aromatic heterocycles. The topological polar surface area (TPSA) is 60.7 Å². The first-order valence-electron chi connectivity index (χ1n) is 6.60. The Balaban J connectivity index is 2.53. The fourth-order valence-electron chi connectivity index (χ4n) is 2.58. The summed E-state index contributed by atoms with van der Waals surface area (Å²) in [5, 5.41) is 28.7. The van der Waals surface area contributed by atoms with E-state index in [9.17, 15) is 10.2 Å². The highest BCUT2D eigenvalue weighted by Gasteiger charge is 2.41. The molecule has 4 atom stereocenters. The molecule has 1 saturated carbocycles. The number of aliphatic hydroxyl groups is 3. The molecule has 0 radical (unpaired) electrons. The molecule has 0 aromatic rings. The monoisotopic (exact) mass is 254 g/mol. The fourth-order valence-corrected chi connectivity index (χ4v) is 2.58. The standard InChI is InChI=1S/C15H26O3/c1-11(6-5-8-14(3,17)10-16)13-7-9-15(4,18)12(13)2/h5,8,12-13,16-18H,1,6-7,9-10H2,2-4H3. The second-order valence-electron chi connectivity index (χ2n) is 6.07. The first kappa shape index (κ1) is 15.4. The van der Waals surface area contributed by atoms with Gasteiger partial charge in [0.1, 0.15) is 5.60 Å². The first-order chi connectivity index (χ1) is 8.19. The van der Waals surface area contributed by atoms with Crippen LogP contribution in [0.5, 0.6) is 0 Å². The molecule has 3 N–H and O–H groups in total.